The summed E-state index contributed by atoms with van der Waals surface area (Å²) in [6.07, 6.45) is 5.93. The lowest BCUT2D eigenvalue weighted by Gasteiger charge is -2.34. The lowest BCUT2D eigenvalue weighted by Crippen LogP contribution is -2.39. The van der Waals surface area contributed by atoms with Crippen LogP contribution >= 0.6 is 0 Å². The molecule has 4 heterocycles. The summed E-state index contributed by atoms with van der Waals surface area (Å²) in [5.74, 6) is 0.0469. The minimum Gasteiger partial charge on any atom is -0.327 e. The SMILES string of the molecule is Cn1ncc2cc(C(=O)Nc3cc(C4CCCCN4C(=O)c4ncn(-c5ccccc5)n4)[nH]n3)ccc21. The van der Waals surface area contributed by atoms with Crippen molar-refractivity contribution in [1.82, 2.24) is 39.6 Å². The molecule has 2 N–H and O–H groups in total. The summed E-state index contributed by atoms with van der Waals surface area (Å²) in [5.41, 5.74) is 3.05. The van der Waals surface area contributed by atoms with Crippen LogP contribution in [0.5, 0.6) is 0 Å². The fourth-order valence-electron chi connectivity index (χ4n) is 4.76. The smallest absolute Gasteiger partial charge is 0.294 e. The molecule has 1 aliphatic rings. The van der Waals surface area contributed by atoms with Gasteiger partial charge in [0.15, 0.2) is 5.82 Å². The van der Waals surface area contributed by atoms with Gasteiger partial charge in [-0.3, -0.25) is 19.4 Å². The maximum atomic E-state index is 13.4. The van der Waals surface area contributed by atoms with Gasteiger partial charge in [0.25, 0.3) is 11.8 Å². The van der Waals surface area contributed by atoms with E-state index in [0.717, 1.165) is 41.5 Å². The van der Waals surface area contributed by atoms with E-state index in [1.807, 2.05) is 43.4 Å². The zero-order valence-electron chi connectivity index (χ0n) is 20.2. The van der Waals surface area contributed by atoms with Gasteiger partial charge in [-0.1, -0.05) is 18.2 Å². The monoisotopic (exact) mass is 495 g/mol. The van der Waals surface area contributed by atoms with E-state index < -0.39 is 0 Å². The average molecular weight is 496 g/mol. The zero-order chi connectivity index (χ0) is 25.4. The Kier molecular flexibility index (Phi) is 5.72. The van der Waals surface area contributed by atoms with Crippen LogP contribution in [0.15, 0.2) is 67.1 Å². The van der Waals surface area contributed by atoms with E-state index in [2.05, 4.69) is 30.7 Å². The van der Waals surface area contributed by atoms with Crippen molar-refractivity contribution in [2.75, 3.05) is 11.9 Å². The Balaban J connectivity index is 1.18. The van der Waals surface area contributed by atoms with Gasteiger partial charge in [-0.05, 0) is 49.6 Å². The van der Waals surface area contributed by atoms with Crippen molar-refractivity contribution < 1.29 is 9.59 Å². The van der Waals surface area contributed by atoms with E-state index in [1.165, 1.54) is 0 Å². The highest BCUT2D eigenvalue weighted by molar-refractivity contribution is 6.05. The van der Waals surface area contributed by atoms with Crippen LogP contribution in [0.3, 0.4) is 0 Å². The van der Waals surface area contributed by atoms with Crippen LogP contribution in [0, 0.1) is 0 Å². The van der Waals surface area contributed by atoms with Crippen molar-refractivity contribution in [1.29, 1.82) is 0 Å². The van der Waals surface area contributed by atoms with Crippen LogP contribution in [-0.2, 0) is 7.05 Å². The van der Waals surface area contributed by atoms with Gasteiger partial charge in [-0.15, -0.1) is 5.10 Å². The van der Waals surface area contributed by atoms with Crippen LogP contribution in [0.2, 0.25) is 0 Å². The molecule has 0 radical (unpaired) electrons. The molecule has 0 spiro atoms. The van der Waals surface area contributed by atoms with Gasteiger partial charge in [0.05, 0.1) is 29.1 Å². The Hall–Kier alpha value is -4.80. The lowest BCUT2D eigenvalue weighted by atomic mass is 9.99. The Morgan fingerprint density at radius 2 is 1.95 bits per heavy atom. The largest absolute Gasteiger partial charge is 0.327 e. The summed E-state index contributed by atoms with van der Waals surface area (Å²) < 4.78 is 3.36. The minimum absolute atomic E-state index is 0.148. The zero-order valence-corrected chi connectivity index (χ0v) is 20.2. The molecule has 2 amide bonds. The molecule has 1 saturated heterocycles. The van der Waals surface area contributed by atoms with Gasteiger partial charge in [0.1, 0.15) is 6.33 Å². The number of para-hydroxylation sites is 1. The molecule has 2 aromatic carbocycles. The molecule has 1 unspecified atom stereocenters. The van der Waals surface area contributed by atoms with Crippen LogP contribution < -0.4 is 5.32 Å². The van der Waals surface area contributed by atoms with Crippen LogP contribution in [-0.4, -0.2) is 58.0 Å². The second-order valence-electron chi connectivity index (χ2n) is 9.06. The number of piperidine rings is 1. The molecule has 37 heavy (non-hydrogen) atoms. The molecular weight excluding hydrogens is 470 g/mol. The molecule has 0 aliphatic carbocycles. The summed E-state index contributed by atoms with van der Waals surface area (Å²) in [7, 11) is 1.86. The molecule has 11 nitrogen and oxygen atoms in total. The Labute approximate surface area is 212 Å². The van der Waals surface area contributed by atoms with Gasteiger partial charge < -0.3 is 10.2 Å². The number of nitrogens with zero attached hydrogens (tertiary/aromatic N) is 7. The fourth-order valence-corrected chi connectivity index (χ4v) is 4.76. The third kappa shape index (κ3) is 4.35. The molecule has 1 atom stereocenters. The predicted molar refractivity (Wildman–Crippen MR) is 136 cm³/mol. The van der Waals surface area contributed by atoms with Crippen molar-refractivity contribution in [2.45, 2.75) is 25.3 Å². The number of carbonyl (C=O) groups is 2. The summed E-state index contributed by atoms with van der Waals surface area (Å²) >= 11 is 0. The van der Waals surface area contributed by atoms with Crippen molar-refractivity contribution in [2.24, 2.45) is 7.05 Å². The number of aromatic amines is 1. The standard InChI is InChI=1S/C26H25N9O2/c1-33-21-11-10-17(13-18(21)15-28-33)25(36)29-23-14-20(30-31-23)22-9-5-6-12-34(22)26(37)24-27-16-35(32-24)19-7-3-2-4-8-19/h2-4,7-8,10-11,13-16,22H,5-6,9,12H2,1H3,(H2,29,30,31,36). The minimum atomic E-state index is -0.268. The van der Waals surface area contributed by atoms with Crippen molar-refractivity contribution >= 4 is 28.5 Å². The molecule has 3 aromatic heterocycles. The van der Waals surface area contributed by atoms with Crippen LogP contribution in [0.4, 0.5) is 5.82 Å². The van der Waals surface area contributed by atoms with E-state index in [9.17, 15) is 9.59 Å². The third-order valence-corrected chi connectivity index (χ3v) is 6.67. The number of carbonyl (C=O) groups excluding carboxylic acids is 2. The van der Waals surface area contributed by atoms with Crippen LogP contribution in [0.1, 0.15) is 52.0 Å². The van der Waals surface area contributed by atoms with Gasteiger partial charge in [-0.25, -0.2) is 9.67 Å². The number of anilines is 1. The van der Waals surface area contributed by atoms with Crippen molar-refractivity contribution in [3.63, 3.8) is 0 Å². The predicted octanol–water partition coefficient (Wildman–Crippen LogP) is 3.50. The highest BCUT2D eigenvalue weighted by atomic mass is 16.2. The molecule has 1 aliphatic heterocycles. The number of amides is 2. The van der Waals surface area contributed by atoms with Crippen LogP contribution in [0.25, 0.3) is 16.6 Å². The average Bonchev–Trinajstić information content (AvgIpc) is 3.69. The Morgan fingerprint density at radius 1 is 1.08 bits per heavy atom. The molecular formula is C26H25N9O2. The van der Waals surface area contributed by atoms with Gasteiger partial charge in [-0.2, -0.15) is 10.2 Å². The third-order valence-electron chi connectivity index (χ3n) is 6.67. The number of hydrogen-bond acceptors (Lipinski definition) is 6. The number of aryl methyl sites for hydroxylation is 1. The van der Waals surface area contributed by atoms with E-state index >= 15 is 0 Å². The topological polar surface area (TPSA) is 127 Å². The number of H-pyrrole nitrogens is 1. The lowest BCUT2D eigenvalue weighted by molar-refractivity contribution is 0.0593. The first kappa shape index (κ1) is 22.7. The second-order valence-corrected chi connectivity index (χ2v) is 9.06. The highest BCUT2D eigenvalue weighted by Crippen LogP contribution is 2.32. The summed E-state index contributed by atoms with van der Waals surface area (Å²) in [6.45, 7) is 0.592. The number of fused-ring (bicyclic) bond motifs is 1. The number of likely N-dealkylation sites (tertiary alicyclic amines) is 1. The molecule has 11 heteroatoms. The number of benzene rings is 2. The first-order valence-electron chi connectivity index (χ1n) is 12.1. The molecule has 186 valence electrons. The van der Waals surface area contributed by atoms with E-state index in [1.54, 1.807) is 45.0 Å². The Bertz CT molecular complexity index is 1580. The number of nitrogens with one attached hydrogen (secondary N) is 2. The Morgan fingerprint density at radius 3 is 2.81 bits per heavy atom. The van der Waals surface area contributed by atoms with E-state index in [-0.39, 0.29) is 23.7 Å². The molecule has 0 bridgehead atoms. The maximum absolute atomic E-state index is 13.4. The summed E-state index contributed by atoms with van der Waals surface area (Å²) in [6, 6.07) is 16.5. The van der Waals surface area contributed by atoms with Gasteiger partial charge >= 0.3 is 0 Å². The van der Waals surface area contributed by atoms with Gasteiger partial charge in [0.2, 0.25) is 5.82 Å². The first-order chi connectivity index (χ1) is 18.1. The number of aromatic nitrogens is 7. The maximum Gasteiger partial charge on any atom is 0.294 e. The normalized spacial score (nSPS) is 15.7. The first-order valence-corrected chi connectivity index (χ1v) is 12.1. The molecule has 5 aromatic rings. The second kappa shape index (κ2) is 9.34. The summed E-state index contributed by atoms with van der Waals surface area (Å²) in [5, 5.41) is 19.7. The van der Waals surface area contributed by atoms with E-state index in [4.69, 9.17) is 0 Å². The quantitative estimate of drug-likeness (QED) is 0.384. The highest BCUT2D eigenvalue weighted by Gasteiger charge is 2.32. The molecule has 1 fully saturated rings. The number of hydrogen-bond donors (Lipinski definition) is 2. The summed E-state index contributed by atoms with van der Waals surface area (Å²) in [4.78, 5) is 32.3. The van der Waals surface area contributed by atoms with Gasteiger partial charge in [0, 0.05) is 30.6 Å². The van der Waals surface area contributed by atoms with Crippen molar-refractivity contribution in [3.05, 3.63) is 84.2 Å². The van der Waals surface area contributed by atoms with Crippen molar-refractivity contribution in [3.8, 4) is 5.69 Å². The fraction of sp³-hybridized carbons (Fsp3) is 0.231. The van der Waals surface area contributed by atoms with E-state index in [0.29, 0.717) is 17.9 Å². The number of rotatable bonds is 5. The molecule has 6 rings (SSSR count). The molecule has 0 saturated carbocycles.